The van der Waals surface area contributed by atoms with E-state index < -0.39 is 5.60 Å². The molecule has 4 rings (SSSR count). The van der Waals surface area contributed by atoms with Gasteiger partial charge in [0, 0.05) is 17.8 Å². The van der Waals surface area contributed by atoms with E-state index in [2.05, 4.69) is 5.32 Å². The Morgan fingerprint density at radius 1 is 1.19 bits per heavy atom. The van der Waals surface area contributed by atoms with Crippen LogP contribution in [0.5, 0.6) is 5.75 Å². The second kappa shape index (κ2) is 6.37. The van der Waals surface area contributed by atoms with Crippen molar-refractivity contribution < 1.29 is 19.1 Å². The maximum absolute atomic E-state index is 12.7. The lowest BCUT2D eigenvalue weighted by Crippen LogP contribution is -2.50. The van der Waals surface area contributed by atoms with E-state index in [9.17, 15) is 9.59 Å². The highest BCUT2D eigenvalue weighted by molar-refractivity contribution is 5.95. The van der Waals surface area contributed by atoms with E-state index in [1.165, 1.54) is 0 Å². The highest BCUT2D eigenvalue weighted by Crippen LogP contribution is 2.42. The minimum atomic E-state index is -0.733. The lowest BCUT2D eigenvalue weighted by molar-refractivity contribution is -0.0400. The number of nitrogens with zero attached hydrogens (tertiary/aromatic N) is 1. The summed E-state index contributed by atoms with van der Waals surface area (Å²) in [5.41, 5.74) is 1.44. The number of nitrogens with one attached hydrogen (secondary N) is 1. The number of piperidine rings is 1. The summed E-state index contributed by atoms with van der Waals surface area (Å²) in [6.45, 7) is 0.987. The van der Waals surface area contributed by atoms with Gasteiger partial charge in [0.15, 0.2) is 5.60 Å². The van der Waals surface area contributed by atoms with Crippen molar-refractivity contribution >= 4 is 17.7 Å². The minimum Gasteiger partial charge on any atom is -0.497 e. The van der Waals surface area contributed by atoms with E-state index in [0.717, 1.165) is 24.2 Å². The van der Waals surface area contributed by atoms with Gasteiger partial charge < -0.3 is 19.7 Å². The molecule has 2 aromatic carbocycles. The van der Waals surface area contributed by atoms with E-state index in [4.69, 9.17) is 9.47 Å². The zero-order valence-corrected chi connectivity index (χ0v) is 14.5. The summed E-state index contributed by atoms with van der Waals surface area (Å²) >= 11 is 0. The quantitative estimate of drug-likeness (QED) is 0.841. The molecule has 0 radical (unpaired) electrons. The molecular formula is C20H20N2O4. The molecule has 26 heavy (non-hydrogen) atoms. The van der Waals surface area contributed by atoms with Gasteiger partial charge >= 0.3 is 12.0 Å². The topological polar surface area (TPSA) is 67.9 Å². The third kappa shape index (κ3) is 2.77. The van der Waals surface area contributed by atoms with Crippen molar-refractivity contribution in [3.63, 3.8) is 0 Å². The van der Waals surface area contributed by atoms with Crippen LogP contribution >= 0.6 is 0 Å². The van der Waals surface area contributed by atoms with Crippen molar-refractivity contribution in [1.82, 2.24) is 4.90 Å². The van der Waals surface area contributed by atoms with Gasteiger partial charge in [0.1, 0.15) is 5.75 Å². The summed E-state index contributed by atoms with van der Waals surface area (Å²) in [6.07, 6.45) is 1.50. The fraction of sp³-hybridized carbons (Fsp3) is 0.300. The number of amides is 2. The number of urea groups is 1. The molecule has 6 nitrogen and oxygen atoms in total. The standard InChI is InChI=1S/C20H20N2O4/c1-25-15-9-7-14(8-10-15)21-19(24)22-12-4-11-20(13-22)17-6-3-2-5-16(17)18(23)26-20/h2-3,5-10H,4,11-13H2,1H3,(H,21,24). The van der Waals surface area contributed by atoms with Gasteiger partial charge in [-0.15, -0.1) is 0 Å². The molecule has 1 fully saturated rings. The zero-order valence-electron chi connectivity index (χ0n) is 14.5. The summed E-state index contributed by atoms with van der Waals surface area (Å²) in [7, 11) is 1.60. The first-order valence-corrected chi connectivity index (χ1v) is 8.64. The Kier molecular flexibility index (Phi) is 4.03. The lowest BCUT2D eigenvalue weighted by Gasteiger charge is -2.39. The predicted molar refractivity (Wildman–Crippen MR) is 96.4 cm³/mol. The van der Waals surface area contributed by atoms with E-state index in [1.807, 2.05) is 18.2 Å². The molecule has 2 aromatic rings. The fourth-order valence-corrected chi connectivity index (χ4v) is 3.72. The van der Waals surface area contributed by atoms with Crippen LogP contribution < -0.4 is 10.1 Å². The molecule has 0 saturated carbocycles. The van der Waals surface area contributed by atoms with E-state index in [-0.39, 0.29) is 12.0 Å². The van der Waals surface area contributed by atoms with Gasteiger partial charge in [-0.25, -0.2) is 9.59 Å². The molecular weight excluding hydrogens is 332 g/mol. The van der Waals surface area contributed by atoms with Crippen LogP contribution in [-0.4, -0.2) is 37.1 Å². The van der Waals surface area contributed by atoms with E-state index in [0.29, 0.717) is 24.3 Å². The third-order valence-electron chi connectivity index (χ3n) is 5.01. The first-order chi connectivity index (χ1) is 12.6. The molecule has 2 aliphatic heterocycles. The molecule has 6 heteroatoms. The van der Waals surface area contributed by atoms with Crippen molar-refractivity contribution in [2.75, 3.05) is 25.5 Å². The van der Waals surface area contributed by atoms with Crippen LogP contribution in [0.3, 0.4) is 0 Å². The first-order valence-electron chi connectivity index (χ1n) is 8.64. The largest absolute Gasteiger partial charge is 0.497 e. The van der Waals surface area contributed by atoms with Crippen molar-refractivity contribution in [1.29, 1.82) is 0 Å². The van der Waals surface area contributed by atoms with Gasteiger partial charge in [0.25, 0.3) is 0 Å². The molecule has 1 saturated heterocycles. The first kappa shape index (κ1) is 16.4. The van der Waals surface area contributed by atoms with Crippen molar-refractivity contribution in [3.05, 3.63) is 59.7 Å². The normalized spacial score (nSPS) is 21.3. The van der Waals surface area contributed by atoms with Crippen molar-refractivity contribution in [3.8, 4) is 5.75 Å². The molecule has 1 atom stereocenters. The van der Waals surface area contributed by atoms with E-state index >= 15 is 0 Å². The van der Waals surface area contributed by atoms with Gasteiger partial charge in [-0.2, -0.15) is 0 Å². The minimum absolute atomic E-state index is 0.199. The Balaban J connectivity index is 1.52. The van der Waals surface area contributed by atoms with Crippen LogP contribution in [0.15, 0.2) is 48.5 Å². The zero-order chi connectivity index (χ0) is 18.1. The molecule has 1 spiro atoms. The number of hydrogen-bond acceptors (Lipinski definition) is 4. The maximum atomic E-state index is 12.7. The summed E-state index contributed by atoms with van der Waals surface area (Å²) in [5, 5.41) is 2.90. The molecule has 0 aliphatic carbocycles. The second-order valence-electron chi connectivity index (χ2n) is 6.61. The number of fused-ring (bicyclic) bond motifs is 2. The van der Waals surface area contributed by atoms with Gasteiger partial charge in [-0.3, -0.25) is 0 Å². The van der Waals surface area contributed by atoms with Crippen molar-refractivity contribution in [2.24, 2.45) is 0 Å². The van der Waals surface area contributed by atoms with Crippen molar-refractivity contribution in [2.45, 2.75) is 18.4 Å². The highest BCUT2D eigenvalue weighted by Gasteiger charge is 2.48. The maximum Gasteiger partial charge on any atom is 0.339 e. The van der Waals surface area contributed by atoms with Crippen LogP contribution in [-0.2, 0) is 10.3 Å². The molecule has 134 valence electrons. The van der Waals surface area contributed by atoms with Crippen LogP contribution in [0.2, 0.25) is 0 Å². The van der Waals surface area contributed by atoms with E-state index in [1.54, 1.807) is 42.3 Å². The number of rotatable bonds is 2. The number of methoxy groups -OCH3 is 1. The fourth-order valence-electron chi connectivity index (χ4n) is 3.72. The lowest BCUT2D eigenvalue weighted by atomic mass is 9.85. The average Bonchev–Trinajstić information content (AvgIpc) is 2.94. The number of hydrogen-bond donors (Lipinski definition) is 1. The number of ether oxygens (including phenoxy) is 2. The third-order valence-corrected chi connectivity index (χ3v) is 5.01. The molecule has 1 unspecified atom stereocenters. The average molecular weight is 352 g/mol. The van der Waals surface area contributed by atoms with Crippen LogP contribution in [0.4, 0.5) is 10.5 Å². The number of likely N-dealkylation sites (tertiary alicyclic amines) is 1. The Hall–Kier alpha value is -3.02. The summed E-state index contributed by atoms with van der Waals surface area (Å²) in [6, 6.07) is 14.4. The number of benzene rings is 2. The molecule has 0 aromatic heterocycles. The Morgan fingerprint density at radius 2 is 1.96 bits per heavy atom. The Morgan fingerprint density at radius 3 is 2.73 bits per heavy atom. The number of carbonyl (C=O) groups excluding carboxylic acids is 2. The Labute approximate surface area is 151 Å². The molecule has 2 heterocycles. The summed E-state index contributed by atoms with van der Waals surface area (Å²) < 4.78 is 10.9. The highest BCUT2D eigenvalue weighted by atomic mass is 16.6. The smallest absolute Gasteiger partial charge is 0.339 e. The summed E-state index contributed by atoms with van der Waals surface area (Å²) in [4.78, 5) is 26.6. The number of anilines is 1. The van der Waals surface area contributed by atoms with Gasteiger partial charge in [0.2, 0.25) is 0 Å². The Bertz CT molecular complexity index is 849. The van der Waals surface area contributed by atoms with Gasteiger partial charge in [-0.05, 0) is 43.2 Å². The number of esters is 1. The molecule has 2 amide bonds. The predicted octanol–water partition coefficient (Wildman–Crippen LogP) is 3.39. The molecule has 1 N–H and O–H groups in total. The van der Waals surface area contributed by atoms with Crippen LogP contribution in [0.1, 0.15) is 28.8 Å². The van der Waals surface area contributed by atoms with Crippen LogP contribution in [0.25, 0.3) is 0 Å². The monoisotopic (exact) mass is 352 g/mol. The van der Waals surface area contributed by atoms with Gasteiger partial charge in [-0.1, -0.05) is 18.2 Å². The molecule has 2 aliphatic rings. The number of carbonyl (C=O) groups is 2. The SMILES string of the molecule is COc1ccc(NC(=O)N2CCCC3(C2)OC(=O)c2ccccc23)cc1. The van der Waals surface area contributed by atoms with Crippen LogP contribution in [0, 0.1) is 0 Å². The molecule has 0 bridgehead atoms. The summed E-state index contributed by atoms with van der Waals surface area (Å²) in [5.74, 6) is 0.424. The second-order valence-corrected chi connectivity index (χ2v) is 6.61. The van der Waals surface area contributed by atoms with Gasteiger partial charge in [0.05, 0.1) is 19.2 Å².